The molecule has 5 nitrogen and oxygen atoms in total. The summed E-state index contributed by atoms with van der Waals surface area (Å²) < 4.78 is 18.9. The largest absolute Gasteiger partial charge is 0.381 e. The first-order chi connectivity index (χ1) is 12.1. The maximum absolute atomic E-state index is 13.5. The van der Waals surface area contributed by atoms with Crippen molar-refractivity contribution in [1.82, 2.24) is 9.80 Å². The van der Waals surface area contributed by atoms with E-state index in [2.05, 4.69) is 0 Å². The summed E-state index contributed by atoms with van der Waals surface area (Å²) in [6.07, 6.45) is 1.74. The van der Waals surface area contributed by atoms with Crippen molar-refractivity contribution in [2.24, 2.45) is 11.8 Å². The van der Waals surface area contributed by atoms with Crippen molar-refractivity contribution in [3.05, 3.63) is 35.6 Å². The average molecular weight is 346 g/mol. The van der Waals surface area contributed by atoms with Crippen LogP contribution in [0.5, 0.6) is 0 Å². The van der Waals surface area contributed by atoms with Crippen molar-refractivity contribution in [2.75, 3.05) is 39.4 Å². The van der Waals surface area contributed by atoms with Gasteiger partial charge in [0, 0.05) is 43.9 Å². The molecule has 3 saturated heterocycles. The van der Waals surface area contributed by atoms with Crippen molar-refractivity contribution in [1.29, 1.82) is 0 Å². The third-order valence-electron chi connectivity index (χ3n) is 5.74. The predicted molar refractivity (Wildman–Crippen MR) is 89.3 cm³/mol. The molecule has 3 heterocycles. The van der Waals surface area contributed by atoms with Gasteiger partial charge in [0.25, 0.3) is 0 Å². The molecule has 0 N–H and O–H groups in total. The fourth-order valence-electron chi connectivity index (χ4n) is 4.32. The molecule has 3 aliphatic heterocycles. The van der Waals surface area contributed by atoms with Gasteiger partial charge in [-0.15, -0.1) is 0 Å². The Morgan fingerprint density at radius 1 is 1.04 bits per heavy atom. The summed E-state index contributed by atoms with van der Waals surface area (Å²) in [5, 5.41) is 0. The second kappa shape index (κ2) is 6.75. The highest BCUT2D eigenvalue weighted by Gasteiger charge is 2.41. The van der Waals surface area contributed by atoms with E-state index >= 15 is 0 Å². The molecule has 0 bridgehead atoms. The number of likely N-dealkylation sites (tertiary alicyclic amines) is 2. The van der Waals surface area contributed by atoms with Crippen molar-refractivity contribution >= 4 is 11.8 Å². The number of fused-ring (bicyclic) bond motifs is 1. The van der Waals surface area contributed by atoms with Crippen LogP contribution in [0.1, 0.15) is 24.3 Å². The highest BCUT2D eigenvalue weighted by molar-refractivity contribution is 6.35. The van der Waals surface area contributed by atoms with Crippen LogP contribution in [-0.2, 0) is 14.3 Å². The number of rotatable bonds is 1. The van der Waals surface area contributed by atoms with Crippen LogP contribution >= 0.6 is 0 Å². The zero-order valence-electron chi connectivity index (χ0n) is 14.2. The number of carbonyl (C=O) groups is 2. The van der Waals surface area contributed by atoms with E-state index in [4.69, 9.17) is 4.74 Å². The van der Waals surface area contributed by atoms with Gasteiger partial charge in [-0.05, 0) is 30.5 Å². The third kappa shape index (κ3) is 3.27. The second-order valence-electron chi connectivity index (χ2n) is 7.41. The Balaban J connectivity index is 1.40. The molecule has 1 aromatic rings. The Hall–Kier alpha value is -1.95. The van der Waals surface area contributed by atoms with E-state index in [-0.39, 0.29) is 11.7 Å². The molecule has 4 rings (SSSR count). The molecule has 3 aliphatic rings. The van der Waals surface area contributed by atoms with Crippen LogP contribution in [-0.4, -0.2) is 61.0 Å². The zero-order valence-corrected chi connectivity index (χ0v) is 14.2. The van der Waals surface area contributed by atoms with Crippen molar-refractivity contribution in [2.45, 2.75) is 18.8 Å². The Morgan fingerprint density at radius 3 is 2.48 bits per heavy atom. The first-order valence-corrected chi connectivity index (χ1v) is 9.03. The van der Waals surface area contributed by atoms with Crippen molar-refractivity contribution in [3.8, 4) is 0 Å². The minimum atomic E-state index is -0.415. The van der Waals surface area contributed by atoms with E-state index in [0.29, 0.717) is 51.2 Å². The van der Waals surface area contributed by atoms with Gasteiger partial charge in [-0.2, -0.15) is 0 Å². The fourth-order valence-corrected chi connectivity index (χ4v) is 4.32. The van der Waals surface area contributed by atoms with E-state index in [1.54, 1.807) is 15.9 Å². The molecule has 0 radical (unpaired) electrons. The minimum absolute atomic E-state index is 0.0903. The van der Waals surface area contributed by atoms with Gasteiger partial charge in [-0.3, -0.25) is 9.59 Å². The van der Waals surface area contributed by atoms with Gasteiger partial charge in [-0.1, -0.05) is 12.1 Å². The van der Waals surface area contributed by atoms with Crippen LogP contribution in [0.4, 0.5) is 4.39 Å². The van der Waals surface area contributed by atoms with E-state index in [0.717, 1.165) is 18.4 Å². The lowest BCUT2D eigenvalue weighted by Gasteiger charge is -2.33. The summed E-state index contributed by atoms with van der Waals surface area (Å²) in [5.74, 6) is -0.233. The van der Waals surface area contributed by atoms with Gasteiger partial charge in [-0.25, -0.2) is 4.39 Å². The van der Waals surface area contributed by atoms with Crippen LogP contribution < -0.4 is 0 Å². The Morgan fingerprint density at radius 2 is 1.76 bits per heavy atom. The molecule has 2 amide bonds. The van der Waals surface area contributed by atoms with Crippen molar-refractivity contribution < 1.29 is 18.7 Å². The Labute approximate surface area is 146 Å². The van der Waals surface area contributed by atoms with Crippen molar-refractivity contribution in [3.63, 3.8) is 0 Å². The Kier molecular flexibility index (Phi) is 4.46. The molecule has 0 spiro atoms. The number of piperidine rings is 1. The molecule has 134 valence electrons. The number of carbonyl (C=O) groups excluding carboxylic acids is 2. The normalized spacial score (nSPS) is 28.9. The quantitative estimate of drug-likeness (QED) is 0.727. The van der Waals surface area contributed by atoms with E-state index < -0.39 is 11.8 Å². The SMILES string of the molecule is O=C(C(=O)N1C[C@H]2COC[C@H]2C1)N1CCCC(c2cccc(F)c2)C1. The van der Waals surface area contributed by atoms with E-state index in [1.165, 1.54) is 12.1 Å². The average Bonchev–Trinajstić information content (AvgIpc) is 3.22. The van der Waals surface area contributed by atoms with Gasteiger partial charge in [0.05, 0.1) is 13.2 Å². The molecule has 1 unspecified atom stereocenters. The number of nitrogens with zero attached hydrogens (tertiary/aromatic N) is 2. The monoisotopic (exact) mass is 346 g/mol. The number of hydrogen-bond acceptors (Lipinski definition) is 3. The van der Waals surface area contributed by atoms with Crippen LogP contribution in [0.2, 0.25) is 0 Å². The molecule has 0 aliphatic carbocycles. The molecule has 6 heteroatoms. The number of amides is 2. The highest BCUT2D eigenvalue weighted by Crippen LogP contribution is 2.30. The topological polar surface area (TPSA) is 49.9 Å². The summed E-state index contributed by atoms with van der Waals surface area (Å²) in [6, 6.07) is 6.54. The number of halogens is 1. The van der Waals surface area contributed by atoms with Crippen LogP contribution in [0.3, 0.4) is 0 Å². The van der Waals surface area contributed by atoms with Gasteiger partial charge in [0.15, 0.2) is 0 Å². The predicted octanol–water partition coefficient (Wildman–Crippen LogP) is 1.64. The highest BCUT2D eigenvalue weighted by atomic mass is 19.1. The van der Waals surface area contributed by atoms with E-state index in [9.17, 15) is 14.0 Å². The van der Waals surface area contributed by atoms with Crippen LogP contribution in [0.25, 0.3) is 0 Å². The second-order valence-corrected chi connectivity index (χ2v) is 7.41. The van der Waals surface area contributed by atoms with Crippen LogP contribution in [0.15, 0.2) is 24.3 Å². The molecule has 0 saturated carbocycles. The lowest BCUT2D eigenvalue weighted by molar-refractivity contribution is -0.152. The molecule has 1 aromatic carbocycles. The number of benzene rings is 1. The standard InChI is InChI=1S/C19H23FN2O3/c20-17-5-1-3-13(7-17)14-4-2-6-21(8-14)18(23)19(24)22-9-15-11-25-12-16(15)10-22/h1,3,5,7,14-16H,2,4,6,8-12H2/t14?,15-,16+. The molecule has 3 atom stereocenters. The van der Waals surface area contributed by atoms with Gasteiger partial charge in [0.2, 0.25) is 0 Å². The molecular formula is C19H23FN2O3. The van der Waals surface area contributed by atoms with Gasteiger partial charge < -0.3 is 14.5 Å². The maximum atomic E-state index is 13.5. The molecule has 25 heavy (non-hydrogen) atoms. The smallest absolute Gasteiger partial charge is 0.312 e. The third-order valence-corrected chi connectivity index (χ3v) is 5.74. The first kappa shape index (κ1) is 16.5. The summed E-state index contributed by atoms with van der Waals surface area (Å²) in [5.41, 5.74) is 0.901. The Bertz CT molecular complexity index is 668. The molecule has 3 fully saturated rings. The van der Waals surface area contributed by atoms with Gasteiger partial charge in [0.1, 0.15) is 5.82 Å². The van der Waals surface area contributed by atoms with Crippen LogP contribution in [0, 0.1) is 17.7 Å². The summed E-state index contributed by atoms with van der Waals surface area (Å²) in [4.78, 5) is 28.6. The minimum Gasteiger partial charge on any atom is -0.381 e. The van der Waals surface area contributed by atoms with E-state index in [1.807, 2.05) is 6.07 Å². The zero-order chi connectivity index (χ0) is 17.4. The number of ether oxygens (including phenoxy) is 1. The first-order valence-electron chi connectivity index (χ1n) is 9.03. The lowest BCUT2D eigenvalue weighted by atomic mass is 9.90. The fraction of sp³-hybridized carbons (Fsp3) is 0.579. The lowest BCUT2D eigenvalue weighted by Crippen LogP contribution is -2.48. The summed E-state index contributed by atoms with van der Waals surface area (Å²) >= 11 is 0. The molecular weight excluding hydrogens is 323 g/mol. The number of hydrogen-bond donors (Lipinski definition) is 0. The summed E-state index contributed by atoms with van der Waals surface area (Å²) in [6.45, 7) is 3.70. The summed E-state index contributed by atoms with van der Waals surface area (Å²) in [7, 11) is 0. The van der Waals surface area contributed by atoms with Gasteiger partial charge >= 0.3 is 11.8 Å². The molecule has 0 aromatic heterocycles. The maximum Gasteiger partial charge on any atom is 0.312 e.